The second-order valence-corrected chi connectivity index (χ2v) is 2.33. The summed E-state index contributed by atoms with van der Waals surface area (Å²) >= 11 is 0. The van der Waals surface area contributed by atoms with Crippen LogP contribution in [-0.4, -0.2) is 22.2 Å². The van der Waals surface area contributed by atoms with Crippen molar-refractivity contribution in [3.8, 4) is 0 Å². The highest BCUT2D eigenvalue weighted by Gasteiger charge is 1.99. The van der Waals surface area contributed by atoms with Gasteiger partial charge < -0.3 is 5.11 Å². The molecule has 0 spiro atoms. The van der Waals surface area contributed by atoms with Crippen LogP contribution in [0, 0.1) is 0 Å². The fourth-order valence-corrected chi connectivity index (χ4v) is 0.654. The summed E-state index contributed by atoms with van der Waals surface area (Å²) in [5.41, 5.74) is 1.99. The van der Waals surface area contributed by atoms with Crippen LogP contribution in [-0.2, 0) is 4.79 Å². The molecule has 0 aliphatic rings. The largest absolute Gasteiger partial charge is 0.481 e. The van der Waals surface area contributed by atoms with Crippen LogP contribution >= 0.6 is 0 Å². The van der Waals surface area contributed by atoms with Gasteiger partial charge in [-0.15, -0.1) is 0 Å². The highest BCUT2D eigenvalue weighted by molar-refractivity contribution is 5.93. The number of aliphatic carboxylic acids is 1. The zero-order valence-electron chi connectivity index (χ0n) is 7.60. The predicted octanol–water partition coefficient (Wildman–Crippen LogP) is 0.896. The molecule has 0 aliphatic carbocycles. The molecule has 1 aromatic rings. The smallest absolute Gasteiger partial charge is 0.300 e. The molecule has 0 heterocycles. The fraction of sp³-hybridized carbons (Fsp3) is 0.111. The molecular formula is C9H11NO4. The first kappa shape index (κ1) is 12.1. The van der Waals surface area contributed by atoms with Gasteiger partial charge in [-0.05, 0) is 12.1 Å². The van der Waals surface area contributed by atoms with Gasteiger partial charge in [-0.3, -0.25) is 14.8 Å². The van der Waals surface area contributed by atoms with Gasteiger partial charge in [0.05, 0.1) is 0 Å². The molecule has 0 radical (unpaired) electrons. The summed E-state index contributed by atoms with van der Waals surface area (Å²) in [6.45, 7) is 1.08. The molecule has 0 aliphatic heterocycles. The maximum Gasteiger partial charge on any atom is 0.300 e. The monoisotopic (exact) mass is 197 g/mol. The van der Waals surface area contributed by atoms with Gasteiger partial charge in [0.15, 0.2) is 0 Å². The van der Waals surface area contributed by atoms with Gasteiger partial charge in [-0.2, -0.15) is 0 Å². The van der Waals surface area contributed by atoms with Crippen molar-refractivity contribution in [1.29, 1.82) is 0 Å². The van der Waals surface area contributed by atoms with Crippen molar-refractivity contribution in [1.82, 2.24) is 5.48 Å². The van der Waals surface area contributed by atoms with Crippen molar-refractivity contribution in [2.75, 3.05) is 0 Å². The Kier molecular flexibility index (Phi) is 5.73. The molecule has 1 rings (SSSR count). The highest BCUT2D eigenvalue weighted by atomic mass is 16.5. The average molecular weight is 197 g/mol. The molecule has 0 unspecified atom stereocenters. The lowest BCUT2D eigenvalue weighted by Crippen LogP contribution is -2.18. The van der Waals surface area contributed by atoms with Gasteiger partial charge in [-0.1, -0.05) is 18.2 Å². The zero-order chi connectivity index (χ0) is 11.0. The summed E-state index contributed by atoms with van der Waals surface area (Å²) < 4.78 is 0. The standard InChI is InChI=1S/C7H7NO2.C2H4O2/c9-7(8-10)6-4-2-1-3-5-6;1-2(3)4/h1-5,10H,(H,8,9);1H3,(H,3,4). The van der Waals surface area contributed by atoms with E-state index in [1.807, 2.05) is 0 Å². The number of carboxylic acids is 1. The minimum atomic E-state index is -0.833. The molecule has 0 saturated heterocycles. The molecule has 14 heavy (non-hydrogen) atoms. The lowest BCUT2D eigenvalue weighted by molar-refractivity contribution is -0.134. The second kappa shape index (κ2) is 6.62. The number of hydroxylamine groups is 1. The number of rotatable bonds is 1. The van der Waals surface area contributed by atoms with E-state index >= 15 is 0 Å². The van der Waals surface area contributed by atoms with Crippen molar-refractivity contribution in [3.05, 3.63) is 35.9 Å². The SMILES string of the molecule is CC(=O)O.O=C(NO)c1ccccc1. The van der Waals surface area contributed by atoms with E-state index in [9.17, 15) is 4.79 Å². The van der Waals surface area contributed by atoms with Gasteiger partial charge in [0.25, 0.3) is 11.9 Å². The number of hydrogen-bond acceptors (Lipinski definition) is 3. The summed E-state index contributed by atoms with van der Waals surface area (Å²) in [6, 6.07) is 8.49. The number of benzene rings is 1. The van der Waals surface area contributed by atoms with E-state index < -0.39 is 11.9 Å². The number of hydrogen-bond donors (Lipinski definition) is 3. The Hall–Kier alpha value is -1.88. The van der Waals surface area contributed by atoms with Gasteiger partial charge >= 0.3 is 0 Å². The highest BCUT2D eigenvalue weighted by Crippen LogP contribution is 1.96. The average Bonchev–Trinajstić information content (AvgIpc) is 2.17. The molecule has 0 atom stereocenters. The third-order valence-electron chi connectivity index (χ3n) is 1.14. The van der Waals surface area contributed by atoms with Gasteiger partial charge in [0.1, 0.15) is 0 Å². The minimum absolute atomic E-state index is 0.449. The third-order valence-corrected chi connectivity index (χ3v) is 1.14. The third kappa shape index (κ3) is 5.73. The Morgan fingerprint density at radius 2 is 1.64 bits per heavy atom. The lowest BCUT2D eigenvalue weighted by atomic mass is 10.2. The maximum absolute atomic E-state index is 10.7. The normalized spacial score (nSPS) is 8.14. The summed E-state index contributed by atoms with van der Waals surface area (Å²) in [7, 11) is 0. The summed E-state index contributed by atoms with van der Waals surface area (Å²) in [4.78, 5) is 19.7. The molecule has 0 aromatic heterocycles. The van der Waals surface area contributed by atoms with Crippen LogP contribution in [0.15, 0.2) is 30.3 Å². The Morgan fingerprint density at radius 3 is 2.00 bits per heavy atom. The first-order valence-corrected chi connectivity index (χ1v) is 3.77. The Labute approximate surface area is 80.9 Å². The second-order valence-electron chi connectivity index (χ2n) is 2.33. The van der Waals surface area contributed by atoms with E-state index in [-0.39, 0.29) is 0 Å². The van der Waals surface area contributed by atoms with Crippen LogP contribution in [0.3, 0.4) is 0 Å². The number of nitrogens with one attached hydrogen (secondary N) is 1. The lowest BCUT2D eigenvalue weighted by Gasteiger charge is -1.94. The van der Waals surface area contributed by atoms with E-state index in [0.717, 1.165) is 6.92 Å². The summed E-state index contributed by atoms with van der Waals surface area (Å²) in [6.07, 6.45) is 0. The number of amides is 1. The Morgan fingerprint density at radius 1 is 1.21 bits per heavy atom. The quantitative estimate of drug-likeness (QED) is 0.461. The van der Waals surface area contributed by atoms with Crippen LogP contribution in [0.2, 0.25) is 0 Å². The van der Waals surface area contributed by atoms with Gasteiger partial charge in [-0.25, -0.2) is 5.48 Å². The number of carbonyl (C=O) groups is 2. The van der Waals surface area contributed by atoms with Crippen molar-refractivity contribution in [2.45, 2.75) is 6.92 Å². The number of carbonyl (C=O) groups excluding carboxylic acids is 1. The fourth-order valence-electron chi connectivity index (χ4n) is 0.654. The van der Waals surface area contributed by atoms with E-state index in [0.29, 0.717) is 5.56 Å². The molecule has 1 aromatic carbocycles. The molecule has 76 valence electrons. The number of carboxylic acid groups (broad SMARTS) is 1. The van der Waals surface area contributed by atoms with E-state index in [1.54, 1.807) is 35.8 Å². The molecule has 3 N–H and O–H groups in total. The topological polar surface area (TPSA) is 86.6 Å². The zero-order valence-corrected chi connectivity index (χ0v) is 7.60. The maximum atomic E-state index is 10.7. The van der Waals surface area contributed by atoms with E-state index in [4.69, 9.17) is 15.1 Å². The van der Waals surface area contributed by atoms with Crippen LogP contribution in [0.25, 0.3) is 0 Å². The van der Waals surface area contributed by atoms with Gasteiger partial charge in [0.2, 0.25) is 0 Å². The van der Waals surface area contributed by atoms with Crippen molar-refractivity contribution in [2.24, 2.45) is 0 Å². The molecule has 0 fully saturated rings. The van der Waals surface area contributed by atoms with Crippen molar-refractivity contribution >= 4 is 11.9 Å². The van der Waals surface area contributed by atoms with Crippen LogP contribution < -0.4 is 5.48 Å². The molecule has 0 bridgehead atoms. The Bertz CT molecular complexity index is 293. The van der Waals surface area contributed by atoms with Crippen LogP contribution in [0.5, 0.6) is 0 Å². The van der Waals surface area contributed by atoms with Gasteiger partial charge in [0, 0.05) is 12.5 Å². The van der Waals surface area contributed by atoms with E-state index in [1.165, 1.54) is 0 Å². The molecule has 0 saturated carbocycles. The molecule has 5 heteroatoms. The molecular weight excluding hydrogens is 186 g/mol. The van der Waals surface area contributed by atoms with E-state index in [2.05, 4.69) is 0 Å². The summed E-state index contributed by atoms with van der Waals surface area (Å²) in [5, 5.41) is 15.6. The Balaban J connectivity index is 0.000000364. The van der Waals surface area contributed by atoms with Crippen LogP contribution in [0.1, 0.15) is 17.3 Å². The summed E-state index contributed by atoms with van der Waals surface area (Å²) in [5.74, 6) is -1.32. The first-order chi connectivity index (χ1) is 6.57. The minimum Gasteiger partial charge on any atom is -0.481 e. The van der Waals surface area contributed by atoms with Crippen molar-refractivity contribution < 1.29 is 19.9 Å². The molecule has 5 nitrogen and oxygen atoms in total. The predicted molar refractivity (Wildman–Crippen MR) is 49.0 cm³/mol. The molecule has 1 amide bonds. The van der Waals surface area contributed by atoms with Crippen molar-refractivity contribution in [3.63, 3.8) is 0 Å². The van der Waals surface area contributed by atoms with Crippen LogP contribution in [0.4, 0.5) is 0 Å². The first-order valence-electron chi connectivity index (χ1n) is 3.77.